The van der Waals surface area contributed by atoms with E-state index in [-0.39, 0.29) is 0 Å². The fraction of sp³-hybridized carbons (Fsp3) is 0.333. The van der Waals surface area contributed by atoms with Crippen molar-refractivity contribution in [3.05, 3.63) is 34.1 Å². The summed E-state index contributed by atoms with van der Waals surface area (Å²) in [6.45, 7) is 5.69. The molecule has 4 rings (SSSR count). The minimum atomic E-state index is 0.784. The molecule has 0 amide bonds. The third-order valence-corrected chi connectivity index (χ3v) is 5.27. The highest BCUT2D eigenvalue weighted by Gasteiger charge is 2.22. The quantitative estimate of drug-likeness (QED) is 0.670. The van der Waals surface area contributed by atoms with E-state index in [4.69, 9.17) is 0 Å². The summed E-state index contributed by atoms with van der Waals surface area (Å²) in [5.41, 5.74) is 0. The monoisotopic (exact) mass is 390 g/mol. The maximum Gasteiger partial charge on any atom is 0.225 e. The summed E-state index contributed by atoms with van der Waals surface area (Å²) in [4.78, 5) is 24.5. The van der Waals surface area contributed by atoms with Crippen molar-refractivity contribution in [2.75, 3.05) is 36.0 Å². The lowest BCUT2D eigenvalue weighted by atomic mass is 10.2. The number of fused-ring (bicyclic) bond motifs is 1. The number of aromatic nitrogens is 4. The number of piperazine rings is 1. The largest absolute Gasteiger partial charge is 0.352 e. The van der Waals surface area contributed by atoms with Gasteiger partial charge in [0.05, 0.1) is 9.86 Å². The number of hydrogen-bond acceptors (Lipinski definition) is 7. The average Bonchev–Trinajstić information content (AvgIpc) is 2.96. The van der Waals surface area contributed by atoms with Crippen LogP contribution in [-0.2, 0) is 0 Å². The normalized spacial score (nSPS) is 15.4. The summed E-state index contributed by atoms with van der Waals surface area (Å²) in [6.07, 6.45) is 5.24. The van der Waals surface area contributed by atoms with Gasteiger partial charge in [0.1, 0.15) is 17.0 Å². The van der Waals surface area contributed by atoms with Gasteiger partial charge in [-0.25, -0.2) is 19.9 Å². The molecule has 0 saturated carbocycles. The number of thiophene rings is 1. The van der Waals surface area contributed by atoms with E-state index in [1.807, 2.05) is 0 Å². The van der Waals surface area contributed by atoms with E-state index in [0.717, 1.165) is 52.6 Å². The highest BCUT2D eigenvalue weighted by atomic mass is 79.9. The first-order valence-corrected chi connectivity index (χ1v) is 9.00. The van der Waals surface area contributed by atoms with E-state index in [0.29, 0.717) is 0 Å². The molecule has 1 aliphatic heterocycles. The van der Waals surface area contributed by atoms with Crippen LogP contribution in [0.3, 0.4) is 0 Å². The molecular formula is C15H15BrN6S. The SMILES string of the molecule is Cc1cc2c(N3CCN(c4ncc(Br)cn4)CC3)ncnc2s1. The molecule has 0 bridgehead atoms. The molecule has 0 atom stereocenters. The molecule has 1 fully saturated rings. The second-order valence-electron chi connectivity index (χ2n) is 5.45. The Bertz CT molecular complexity index is 826. The van der Waals surface area contributed by atoms with Crippen molar-refractivity contribution in [2.45, 2.75) is 6.92 Å². The molecule has 4 heterocycles. The lowest BCUT2D eigenvalue weighted by Crippen LogP contribution is -2.47. The van der Waals surface area contributed by atoms with Crippen LogP contribution in [-0.4, -0.2) is 46.1 Å². The highest BCUT2D eigenvalue weighted by molar-refractivity contribution is 9.10. The Morgan fingerprint density at radius 2 is 1.70 bits per heavy atom. The van der Waals surface area contributed by atoms with E-state index < -0.39 is 0 Å². The smallest absolute Gasteiger partial charge is 0.225 e. The Morgan fingerprint density at radius 1 is 1.00 bits per heavy atom. The van der Waals surface area contributed by atoms with Crippen molar-refractivity contribution in [3.63, 3.8) is 0 Å². The van der Waals surface area contributed by atoms with Crippen molar-refractivity contribution in [1.82, 2.24) is 19.9 Å². The molecule has 1 aliphatic rings. The first-order chi connectivity index (χ1) is 11.2. The lowest BCUT2D eigenvalue weighted by molar-refractivity contribution is 0.635. The Hall–Kier alpha value is -1.80. The summed E-state index contributed by atoms with van der Waals surface area (Å²) in [5.74, 6) is 1.82. The van der Waals surface area contributed by atoms with Crippen LogP contribution in [0, 0.1) is 6.92 Å². The van der Waals surface area contributed by atoms with Crippen LogP contribution >= 0.6 is 27.3 Å². The van der Waals surface area contributed by atoms with Crippen LogP contribution in [0.25, 0.3) is 10.2 Å². The van der Waals surface area contributed by atoms with Gasteiger partial charge in [-0.05, 0) is 28.9 Å². The predicted octanol–water partition coefficient (Wildman–Crippen LogP) is 2.88. The summed E-state index contributed by atoms with van der Waals surface area (Å²) >= 11 is 5.09. The number of hydrogen-bond donors (Lipinski definition) is 0. The Morgan fingerprint density at radius 3 is 2.43 bits per heavy atom. The fourth-order valence-electron chi connectivity index (χ4n) is 2.80. The van der Waals surface area contributed by atoms with Gasteiger partial charge in [0.25, 0.3) is 0 Å². The van der Waals surface area contributed by atoms with Gasteiger partial charge in [-0.15, -0.1) is 11.3 Å². The minimum absolute atomic E-state index is 0.784. The first-order valence-electron chi connectivity index (χ1n) is 7.39. The van der Waals surface area contributed by atoms with Crippen molar-refractivity contribution in [1.29, 1.82) is 0 Å². The van der Waals surface area contributed by atoms with Gasteiger partial charge in [-0.3, -0.25) is 0 Å². The first kappa shape index (κ1) is 14.8. The lowest BCUT2D eigenvalue weighted by Gasteiger charge is -2.35. The minimum Gasteiger partial charge on any atom is -0.352 e. The van der Waals surface area contributed by atoms with Crippen LogP contribution in [0.1, 0.15) is 4.88 Å². The van der Waals surface area contributed by atoms with E-state index >= 15 is 0 Å². The zero-order valence-electron chi connectivity index (χ0n) is 12.6. The molecule has 0 radical (unpaired) electrons. The molecule has 0 N–H and O–H groups in total. The maximum absolute atomic E-state index is 4.52. The second kappa shape index (κ2) is 6.01. The average molecular weight is 391 g/mol. The number of nitrogens with zero attached hydrogens (tertiary/aromatic N) is 6. The molecule has 23 heavy (non-hydrogen) atoms. The van der Waals surface area contributed by atoms with E-state index in [1.54, 1.807) is 30.1 Å². The molecular weight excluding hydrogens is 376 g/mol. The van der Waals surface area contributed by atoms with Gasteiger partial charge < -0.3 is 9.80 Å². The third kappa shape index (κ3) is 2.88. The number of anilines is 2. The third-order valence-electron chi connectivity index (χ3n) is 3.90. The van der Waals surface area contributed by atoms with Crippen molar-refractivity contribution < 1.29 is 0 Å². The molecule has 0 unspecified atom stereocenters. The predicted molar refractivity (Wildman–Crippen MR) is 96.3 cm³/mol. The van der Waals surface area contributed by atoms with Crippen LogP contribution in [0.2, 0.25) is 0 Å². The van der Waals surface area contributed by atoms with Crippen LogP contribution in [0.15, 0.2) is 29.3 Å². The Kier molecular flexibility index (Phi) is 3.86. The summed E-state index contributed by atoms with van der Waals surface area (Å²) in [6, 6.07) is 2.18. The molecule has 0 spiro atoms. The Balaban J connectivity index is 1.53. The molecule has 0 aliphatic carbocycles. The number of aryl methyl sites for hydroxylation is 1. The van der Waals surface area contributed by atoms with Gasteiger partial charge in [-0.1, -0.05) is 0 Å². The number of rotatable bonds is 2. The number of halogens is 1. The van der Waals surface area contributed by atoms with Crippen molar-refractivity contribution in [2.24, 2.45) is 0 Å². The summed E-state index contributed by atoms with van der Waals surface area (Å²) < 4.78 is 0.899. The van der Waals surface area contributed by atoms with Gasteiger partial charge in [0, 0.05) is 43.4 Å². The molecule has 118 valence electrons. The molecule has 0 aromatic carbocycles. The summed E-state index contributed by atoms with van der Waals surface area (Å²) in [7, 11) is 0. The van der Waals surface area contributed by atoms with Crippen LogP contribution in [0.5, 0.6) is 0 Å². The molecule has 1 saturated heterocycles. The second-order valence-corrected chi connectivity index (χ2v) is 7.60. The van der Waals surface area contributed by atoms with Crippen LogP contribution < -0.4 is 9.80 Å². The molecule has 6 nitrogen and oxygen atoms in total. The van der Waals surface area contributed by atoms with E-state index in [2.05, 4.69) is 58.7 Å². The standard InChI is InChI=1S/C15H15BrN6S/c1-10-6-12-13(19-9-20-14(12)23-10)21-2-4-22(5-3-21)15-17-7-11(16)8-18-15/h6-9H,2-5H2,1H3. The maximum atomic E-state index is 4.52. The molecule has 3 aromatic rings. The van der Waals surface area contributed by atoms with Gasteiger partial charge >= 0.3 is 0 Å². The zero-order chi connectivity index (χ0) is 15.8. The fourth-order valence-corrected chi connectivity index (χ4v) is 3.85. The van der Waals surface area contributed by atoms with E-state index in [9.17, 15) is 0 Å². The van der Waals surface area contributed by atoms with E-state index in [1.165, 1.54) is 4.88 Å². The van der Waals surface area contributed by atoms with Gasteiger partial charge in [0.2, 0.25) is 5.95 Å². The van der Waals surface area contributed by atoms with Gasteiger partial charge in [-0.2, -0.15) is 0 Å². The van der Waals surface area contributed by atoms with Gasteiger partial charge in [0.15, 0.2) is 0 Å². The Labute approximate surface area is 146 Å². The molecule has 8 heteroatoms. The zero-order valence-corrected chi connectivity index (χ0v) is 15.0. The van der Waals surface area contributed by atoms with Crippen LogP contribution in [0.4, 0.5) is 11.8 Å². The highest BCUT2D eigenvalue weighted by Crippen LogP contribution is 2.30. The van der Waals surface area contributed by atoms with Crippen molar-refractivity contribution in [3.8, 4) is 0 Å². The molecule has 3 aromatic heterocycles. The topological polar surface area (TPSA) is 58.0 Å². The van der Waals surface area contributed by atoms with Crippen molar-refractivity contribution >= 4 is 49.2 Å². The summed E-state index contributed by atoms with van der Waals surface area (Å²) in [5, 5.41) is 1.16.